The van der Waals surface area contributed by atoms with E-state index in [1.54, 1.807) is 33.1 Å². The van der Waals surface area contributed by atoms with Crippen LogP contribution >= 0.6 is 0 Å². The Bertz CT molecular complexity index is 778. The summed E-state index contributed by atoms with van der Waals surface area (Å²) in [5.41, 5.74) is 1.19. The van der Waals surface area contributed by atoms with Crippen LogP contribution in [0.25, 0.3) is 12.2 Å². The van der Waals surface area contributed by atoms with Crippen molar-refractivity contribution >= 4 is 18.1 Å². The van der Waals surface area contributed by atoms with Gasteiger partial charge in [-0.2, -0.15) is 5.10 Å². The maximum Gasteiger partial charge on any atom is 0.330 e. The standard InChI is InChI=1S/C18H20N2O4/c1-4-24-18(22)13(2)20-17(21)12-9-15(19-20)8-5-14-6-10-16(23-3)11-7-14/h5-13H,4H2,1-3H3/b8-5+/t13-/m1/s1. The molecule has 0 saturated heterocycles. The molecule has 1 atom stereocenters. The van der Waals surface area contributed by atoms with E-state index in [9.17, 15) is 9.59 Å². The Morgan fingerprint density at radius 1 is 1.21 bits per heavy atom. The van der Waals surface area contributed by atoms with Gasteiger partial charge in [0, 0.05) is 6.07 Å². The summed E-state index contributed by atoms with van der Waals surface area (Å²) in [7, 11) is 1.61. The molecule has 1 aromatic heterocycles. The van der Waals surface area contributed by atoms with Crippen LogP contribution in [-0.4, -0.2) is 29.5 Å². The van der Waals surface area contributed by atoms with E-state index in [0.29, 0.717) is 5.69 Å². The summed E-state index contributed by atoms with van der Waals surface area (Å²) in [6, 6.07) is 9.76. The quantitative estimate of drug-likeness (QED) is 0.762. The molecule has 0 aliphatic rings. The second-order valence-electron chi connectivity index (χ2n) is 5.08. The number of carbonyl (C=O) groups excluding carboxylic acids is 1. The third-order valence-corrected chi connectivity index (χ3v) is 3.40. The maximum atomic E-state index is 11.9. The van der Waals surface area contributed by atoms with E-state index in [-0.39, 0.29) is 12.2 Å². The van der Waals surface area contributed by atoms with Gasteiger partial charge in [0.25, 0.3) is 5.56 Å². The van der Waals surface area contributed by atoms with E-state index in [0.717, 1.165) is 16.0 Å². The number of hydrogen-bond donors (Lipinski definition) is 0. The predicted molar refractivity (Wildman–Crippen MR) is 91.8 cm³/mol. The number of esters is 1. The number of ether oxygens (including phenoxy) is 2. The van der Waals surface area contributed by atoms with Crippen molar-refractivity contribution in [1.29, 1.82) is 0 Å². The monoisotopic (exact) mass is 328 g/mol. The highest BCUT2D eigenvalue weighted by Crippen LogP contribution is 2.13. The number of carbonyl (C=O) groups is 1. The highest BCUT2D eigenvalue weighted by molar-refractivity contribution is 5.73. The zero-order chi connectivity index (χ0) is 17.5. The van der Waals surface area contributed by atoms with Crippen LogP contribution in [0.2, 0.25) is 0 Å². The zero-order valence-corrected chi connectivity index (χ0v) is 13.9. The second kappa shape index (κ2) is 8.10. The van der Waals surface area contributed by atoms with Gasteiger partial charge in [0.05, 0.1) is 19.4 Å². The molecule has 6 nitrogen and oxygen atoms in total. The minimum atomic E-state index is -0.771. The van der Waals surface area contributed by atoms with Gasteiger partial charge in [-0.05, 0) is 43.7 Å². The van der Waals surface area contributed by atoms with Crippen LogP contribution in [0.4, 0.5) is 0 Å². The smallest absolute Gasteiger partial charge is 0.330 e. The minimum Gasteiger partial charge on any atom is -0.497 e. The number of rotatable bonds is 6. The summed E-state index contributed by atoms with van der Waals surface area (Å²) >= 11 is 0. The molecule has 6 heteroatoms. The van der Waals surface area contributed by atoms with E-state index in [2.05, 4.69) is 5.10 Å². The molecule has 2 rings (SSSR count). The van der Waals surface area contributed by atoms with Crippen molar-refractivity contribution in [2.75, 3.05) is 13.7 Å². The molecule has 0 bridgehead atoms. The maximum absolute atomic E-state index is 11.9. The topological polar surface area (TPSA) is 70.4 Å². The number of hydrogen-bond acceptors (Lipinski definition) is 5. The van der Waals surface area contributed by atoms with Crippen LogP contribution in [0.1, 0.15) is 31.1 Å². The molecular weight excluding hydrogens is 308 g/mol. The van der Waals surface area contributed by atoms with Gasteiger partial charge in [-0.3, -0.25) is 4.79 Å². The summed E-state index contributed by atoms with van der Waals surface area (Å²) in [4.78, 5) is 23.7. The molecule has 0 N–H and O–H groups in total. The van der Waals surface area contributed by atoms with Gasteiger partial charge in [0.2, 0.25) is 0 Å². The SMILES string of the molecule is CCOC(=O)[C@@H](C)n1nc(/C=C/c2ccc(OC)cc2)ccc1=O. The zero-order valence-electron chi connectivity index (χ0n) is 13.9. The molecular formula is C18H20N2O4. The molecule has 0 spiro atoms. The van der Waals surface area contributed by atoms with Crippen molar-refractivity contribution in [1.82, 2.24) is 9.78 Å². The van der Waals surface area contributed by atoms with Gasteiger partial charge in [-0.15, -0.1) is 0 Å². The molecule has 0 fully saturated rings. The highest BCUT2D eigenvalue weighted by Gasteiger charge is 2.18. The second-order valence-corrected chi connectivity index (χ2v) is 5.08. The lowest BCUT2D eigenvalue weighted by molar-refractivity contribution is -0.147. The Labute approximate surface area is 140 Å². The molecule has 126 valence electrons. The normalized spacial score (nSPS) is 12.1. The van der Waals surface area contributed by atoms with Gasteiger partial charge in [0.1, 0.15) is 5.75 Å². The van der Waals surface area contributed by atoms with Gasteiger partial charge < -0.3 is 9.47 Å². The first kappa shape index (κ1) is 17.5. The van der Waals surface area contributed by atoms with E-state index < -0.39 is 12.0 Å². The van der Waals surface area contributed by atoms with Crippen molar-refractivity contribution in [3.63, 3.8) is 0 Å². The summed E-state index contributed by atoms with van der Waals surface area (Å²) in [6.07, 6.45) is 3.64. The van der Waals surface area contributed by atoms with Crippen molar-refractivity contribution in [3.05, 3.63) is 58.0 Å². The first-order valence-electron chi connectivity index (χ1n) is 7.63. The van der Waals surface area contributed by atoms with Crippen LogP contribution in [0.3, 0.4) is 0 Å². The van der Waals surface area contributed by atoms with Crippen LogP contribution < -0.4 is 10.3 Å². The van der Waals surface area contributed by atoms with Gasteiger partial charge in [-0.25, -0.2) is 9.48 Å². The fraction of sp³-hybridized carbons (Fsp3) is 0.278. The van der Waals surface area contributed by atoms with Crippen molar-refractivity contribution < 1.29 is 14.3 Å². The average molecular weight is 328 g/mol. The first-order chi connectivity index (χ1) is 11.5. The Hall–Kier alpha value is -2.89. The van der Waals surface area contributed by atoms with E-state index >= 15 is 0 Å². The molecule has 0 radical (unpaired) electrons. The molecule has 1 heterocycles. The fourth-order valence-electron chi connectivity index (χ4n) is 2.07. The lowest BCUT2D eigenvalue weighted by atomic mass is 10.2. The molecule has 0 amide bonds. The molecule has 0 unspecified atom stereocenters. The lowest BCUT2D eigenvalue weighted by Crippen LogP contribution is -2.31. The van der Waals surface area contributed by atoms with E-state index in [1.807, 2.05) is 30.3 Å². The van der Waals surface area contributed by atoms with Crippen LogP contribution in [0.5, 0.6) is 5.75 Å². The first-order valence-corrected chi connectivity index (χ1v) is 7.63. The third kappa shape index (κ3) is 4.32. The Balaban J connectivity index is 2.22. The Kier molecular flexibility index (Phi) is 5.89. The Morgan fingerprint density at radius 3 is 2.54 bits per heavy atom. The van der Waals surface area contributed by atoms with Gasteiger partial charge in [-0.1, -0.05) is 18.2 Å². The fourth-order valence-corrected chi connectivity index (χ4v) is 2.07. The molecule has 0 saturated carbocycles. The third-order valence-electron chi connectivity index (χ3n) is 3.40. The largest absolute Gasteiger partial charge is 0.497 e. The van der Waals surface area contributed by atoms with Gasteiger partial charge >= 0.3 is 5.97 Å². The summed E-state index contributed by atoms with van der Waals surface area (Å²) in [5, 5.41) is 4.22. The van der Waals surface area contributed by atoms with Gasteiger partial charge in [0.15, 0.2) is 6.04 Å². The van der Waals surface area contributed by atoms with E-state index in [4.69, 9.17) is 9.47 Å². The molecule has 24 heavy (non-hydrogen) atoms. The van der Waals surface area contributed by atoms with E-state index in [1.165, 1.54) is 6.07 Å². The summed E-state index contributed by atoms with van der Waals surface area (Å²) in [6.45, 7) is 3.56. The van der Waals surface area contributed by atoms with Crippen LogP contribution in [-0.2, 0) is 9.53 Å². The Morgan fingerprint density at radius 2 is 1.92 bits per heavy atom. The molecule has 1 aromatic carbocycles. The molecule has 2 aromatic rings. The summed E-state index contributed by atoms with van der Waals surface area (Å²) in [5.74, 6) is 0.297. The van der Waals surface area contributed by atoms with Crippen LogP contribution in [0.15, 0.2) is 41.2 Å². The van der Waals surface area contributed by atoms with Crippen molar-refractivity contribution in [2.45, 2.75) is 19.9 Å². The summed E-state index contributed by atoms with van der Waals surface area (Å²) < 4.78 is 11.2. The minimum absolute atomic E-state index is 0.259. The number of methoxy groups -OCH3 is 1. The number of aromatic nitrogens is 2. The van der Waals surface area contributed by atoms with Crippen molar-refractivity contribution in [3.8, 4) is 5.75 Å². The lowest BCUT2D eigenvalue weighted by Gasteiger charge is -2.12. The molecule has 0 aliphatic carbocycles. The number of nitrogens with zero attached hydrogens (tertiary/aromatic N) is 2. The number of benzene rings is 1. The molecule has 0 aliphatic heterocycles. The predicted octanol–water partition coefficient (Wildman–Crippen LogP) is 2.55. The van der Waals surface area contributed by atoms with Crippen LogP contribution in [0, 0.1) is 0 Å². The van der Waals surface area contributed by atoms with Crippen molar-refractivity contribution in [2.24, 2.45) is 0 Å². The highest BCUT2D eigenvalue weighted by atomic mass is 16.5. The average Bonchev–Trinajstić information content (AvgIpc) is 2.61.